The van der Waals surface area contributed by atoms with Crippen molar-refractivity contribution >= 4 is 23.4 Å². The van der Waals surface area contributed by atoms with Gasteiger partial charge in [-0.05, 0) is 31.0 Å². The first-order chi connectivity index (χ1) is 14.3. The molecule has 1 aromatic carbocycles. The van der Waals surface area contributed by atoms with Crippen LogP contribution in [0.3, 0.4) is 0 Å². The maximum Gasteiger partial charge on any atom is 0.398 e. The Morgan fingerprint density at radius 1 is 1.19 bits per heavy atom. The smallest absolute Gasteiger partial charge is 0.366 e. The quantitative estimate of drug-likeness (QED) is 0.480. The number of benzene rings is 1. The predicted octanol–water partition coefficient (Wildman–Crippen LogP) is 4.53. The van der Waals surface area contributed by atoms with Gasteiger partial charge in [0.2, 0.25) is 5.91 Å². The number of carbonyl (C=O) groups is 1. The summed E-state index contributed by atoms with van der Waals surface area (Å²) >= 11 is 0.538. The molecule has 1 aliphatic heterocycles. The molecule has 0 bridgehead atoms. The molecular weight excluding hydrogens is 451 g/mol. The van der Waals surface area contributed by atoms with Gasteiger partial charge in [0, 0.05) is 31.1 Å². The van der Waals surface area contributed by atoms with Crippen molar-refractivity contribution in [1.29, 1.82) is 5.26 Å². The number of nitrogens with zero attached hydrogens (tertiary/aromatic N) is 3. The molecule has 0 aromatic heterocycles. The fraction of sp³-hybridized carbons (Fsp3) is 0.579. The predicted molar refractivity (Wildman–Crippen MR) is 98.9 cm³/mol. The highest BCUT2D eigenvalue weighted by Gasteiger charge is 2.72. The minimum absolute atomic E-state index is 0.0226. The standard InChI is InChI=1S/C19H18F7N3OS/c1-11-6-12(20)13(7-14(11)31-10-18(21,22)23)28-2-4-29(5-3-28)16(30)17(9-27)8-15(17)19(24,25)26/h6-7,15H,2-5,8,10H2,1H3. The van der Waals surface area contributed by atoms with Crippen LogP contribution in [0.1, 0.15) is 12.0 Å². The lowest BCUT2D eigenvalue weighted by Crippen LogP contribution is -2.51. The minimum atomic E-state index is -4.64. The van der Waals surface area contributed by atoms with Crippen LogP contribution in [0.15, 0.2) is 17.0 Å². The van der Waals surface area contributed by atoms with E-state index in [0.717, 1.165) is 11.0 Å². The summed E-state index contributed by atoms with van der Waals surface area (Å²) < 4.78 is 90.8. The van der Waals surface area contributed by atoms with Crippen LogP contribution < -0.4 is 4.90 Å². The number of rotatable bonds is 4. The highest BCUT2D eigenvalue weighted by Crippen LogP contribution is 2.60. The first-order valence-electron chi connectivity index (χ1n) is 9.30. The number of carbonyl (C=O) groups excluding carboxylic acids is 1. The fourth-order valence-electron chi connectivity index (χ4n) is 3.70. The van der Waals surface area contributed by atoms with Crippen LogP contribution in [0.5, 0.6) is 0 Å². The lowest BCUT2D eigenvalue weighted by atomic mass is 10.0. The average Bonchev–Trinajstić information content (AvgIpc) is 3.43. The molecule has 0 spiro atoms. The molecule has 1 aromatic rings. The molecule has 31 heavy (non-hydrogen) atoms. The molecule has 4 nitrogen and oxygen atoms in total. The van der Waals surface area contributed by atoms with Crippen LogP contribution >= 0.6 is 11.8 Å². The van der Waals surface area contributed by atoms with E-state index in [1.54, 1.807) is 0 Å². The molecule has 1 amide bonds. The molecule has 0 radical (unpaired) electrons. The Hall–Kier alpha value is -2.16. The van der Waals surface area contributed by atoms with Gasteiger partial charge in [0.25, 0.3) is 0 Å². The van der Waals surface area contributed by atoms with Crippen molar-refractivity contribution in [2.75, 3.05) is 36.8 Å². The summed E-state index contributed by atoms with van der Waals surface area (Å²) in [7, 11) is 0. The number of thioether (sulfide) groups is 1. The first kappa shape index (κ1) is 23.5. The molecule has 2 aliphatic rings. The second-order valence-electron chi connectivity index (χ2n) is 7.63. The van der Waals surface area contributed by atoms with Crippen molar-refractivity contribution in [3.8, 4) is 6.07 Å². The van der Waals surface area contributed by atoms with Crippen molar-refractivity contribution in [1.82, 2.24) is 4.90 Å². The van der Waals surface area contributed by atoms with Gasteiger partial charge in [-0.2, -0.15) is 31.6 Å². The van der Waals surface area contributed by atoms with E-state index in [1.807, 2.05) is 0 Å². The van der Waals surface area contributed by atoms with Crippen LogP contribution in [0.25, 0.3) is 0 Å². The van der Waals surface area contributed by atoms with Gasteiger partial charge in [0.1, 0.15) is 11.2 Å². The maximum atomic E-state index is 14.5. The molecule has 3 rings (SSSR count). The zero-order valence-corrected chi connectivity index (χ0v) is 17.1. The summed E-state index contributed by atoms with van der Waals surface area (Å²) in [6, 6.07) is 3.97. The number of alkyl halides is 6. The number of amides is 1. The molecule has 12 heteroatoms. The first-order valence-corrected chi connectivity index (χ1v) is 10.3. The molecule has 0 N–H and O–H groups in total. The van der Waals surface area contributed by atoms with Crippen molar-refractivity contribution in [2.45, 2.75) is 30.6 Å². The monoisotopic (exact) mass is 469 g/mol. The summed E-state index contributed by atoms with van der Waals surface area (Å²) in [5.41, 5.74) is -1.68. The van der Waals surface area contributed by atoms with Crippen LogP contribution in [0, 0.1) is 35.4 Å². The highest BCUT2D eigenvalue weighted by atomic mass is 32.2. The van der Waals surface area contributed by atoms with E-state index in [2.05, 4.69) is 0 Å². The van der Waals surface area contributed by atoms with E-state index in [4.69, 9.17) is 0 Å². The number of hydrogen-bond acceptors (Lipinski definition) is 4. The van der Waals surface area contributed by atoms with Crippen LogP contribution in [0.4, 0.5) is 36.4 Å². The topological polar surface area (TPSA) is 47.3 Å². The van der Waals surface area contributed by atoms with E-state index >= 15 is 0 Å². The van der Waals surface area contributed by atoms with Crippen LogP contribution in [0.2, 0.25) is 0 Å². The summed E-state index contributed by atoms with van der Waals surface area (Å²) in [5.74, 6) is -4.64. The van der Waals surface area contributed by atoms with E-state index in [-0.39, 0.29) is 36.8 Å². The summed E-state index contributed by atoms with van der Waals surface area (Å²) in [6.07, 6.45) is -9.59. The van der Waals surface area contributed by atoms with Gasteiger partial charge in [-0.15, -0.1) is 11.8 Å². The fourth-order valence-corrected chi connectivity index (χ4v) is 4.50. The number of aryl methyl sites for hydroxylation is 1. The van der Waals surface area contributed by atoms with Gasteiger partial charge in [0.05, 0.1) is 23.4 Å². The van der Waals surface area contributed by atoms with Gasteiger partial charge in [-0.1, -0.05) is 0 Å². The maximum absolute atomic E-state index is 14.5. The average molecular weight is 469 g/mol. The third-order valence-corrected chi connectivity index (χ3v) is 6.70. The summed E-state index contributed by atoms with van der Waals surface area (Å²) in [6.45, 7) is 1.60. The third kappa shape index (κ3) is 4.86. The Labute approximate surface area is 178 Å². The summed E-state index contributed by atoms with van der Waals surface area (Å²) in [5, 5.41) is 9.18. The van der Waals surface area contributed by atoms with Gasteiger partial charge in [-0.3, -0.25) is 4.79 Å². The molecule has 1 heterocycles. The molecule has 2 fully saturated rings. The van der Waals surface area contributed by atoms with Crippen molar-refractivity contribution in [3.63, 3.8) is 0 Å². The largest absolute Gasteiger partial charge is 0.398 e. The number of hydrogen-bond donors (Lipinski definition) is 0. The van der Waals surface area contributed by atoms with Gasteiger partial charge in [0.15, 0.2) is 0 Å². The summed E-state index contributed by atoms with van der Waals surface area (Å²) in [4.78, 5) is 15.5. The highest BCUT2D eigenvalue weighted by molar-refractivity contribution is 7.99. The van der Waals surface area contributed by atoms with Crippen molar-refractivity contribution in [3.05, 3.63) is 23.5 Å². The molecule has 1 saturated carbocycles. The van der Waals surface area contributed by atoms with E-state index in [1.165, 1.54) is 24.0 Å². The normalized spacial score (nSPS) is 24.2. The molecule has 2 unspecified atom stereocenters. The Morgan fingerprint density at radius 2 is 1.81 bits per heavy atom. The van der Waals surface area contributed by atoms with Gasteiger partial charge in [-0.25, -0.2) is 4.39 Å². The number of piperazine rings is 1. The third-order valence-electron chi connectivity index (χ3n) is 5.48. The van der Waals surface area contributed by atoms with E-state index in [0.29, 0.717) is 17.3 Å². The van der Waals surface area contributed by atoms with Crippen molar-refractivity contribution < 1.29 is 35.5 Å². The number of nitriles is 1. The molecule has 1 aliphatic carbocycles. The minimum Gasteiger partial charge on any atom is -0.366 e. The molecule has 2 atom stereocenters. The number of anilines is 1. The Bertz CT molecular complexity index is 903. The van der Waals surface area contributed by atoms with Crippen molar-refractivity contribution in [2.24, 2.45) is 11.3 Å². The second-order valence-corrected chi connectivity index (χ2v) is 8.65. The lowest BCUT2D eigenvalue weighted by Gasteiger charge is -2.37. The zero-order valence-electron chi connectivity index (χ0n) is 16.3. The van der Waals surface area contributed by atoms with E-state index in [9.17, 15) is 40.8 Å². The molecular formula is C19H18F7N3OS. The lowest BCUT2D eigenvalue weighted by molar-refractivity contribution is -0.161. The Morgan fingerprint density at radius 3 is 2.29 bits per heavy atom. The van der Waals surface area contributed by atoms with Gasteiger partial charge >= 0.3 is 12.4 Å². The van der Waals surface area contributed by atoms with Crippen LogP contribution in [-0.4, -0.2) is 55.1 Å². The zero-order chi connectivity index (χ0) is 23.2. The molecule has 170 valence electrons. The molecule has 1 saturated heterocycles. The van der Waals surface area contributed by atoms with E-state index < -0.39 is 47.6 Å². The Kier molecular flexibility index (Phi) is 6.12. The van der Waals surface area contributed by atoms with Crippen LogP contribution in [-0.2, 0) is 4.79 Å². The second kappa shape index (κ2) is 8.07. The SMILES string of the molecule is Cc1cc(F)c(N2CCN(C(=O)C3(C#N)CC3C(F)(F)F)CC2)cc1SCC(F)(F)F. The van der Waals surface area contributed by atoms with Gasteiger partial charge < -0.3 is 9.80 Å². The Balaban J connectivity index is 1.69. The number of halogens is 7.